The number of rotatable bonds is 4. The van der Waals surface area contributed by atoms with Crippen LogP contribution in [0.2, 0.25) is 0 Å². The van der Waals surface area contributed by atoms with Gasteiger partial charge in [0.15, 0.2) is 0 Å². The summed E-state index contributed by atoms with van der Waals surface area (Å²) in [5, 5.41) is 3.40. The molecule has 1 fully saturated rings. The minimum Gasteiger partial charge on any atom is -0.314 e. The maximum absolute atomic E-state index is 3.68. The van der Waals surface area contributed by atoms with Crippen LogP contribution < -0.4 is 5.32 Å². The highest BCUT2D eigenvalue weighted by Gasteiger charge is 2.09. The fourth-order valence-electron chi connectivity index (χ4n) is 2.46. The van der Waals surface area contributed by atoms with Crippen LogP contribution in [0.1, 0.15) is 23.1 Å². The molecule has 0 unspecified atom stereocenters. The lowest BCUT2D eigenvalue weighted by Gasteiger charge is -2.27. The maximum atomic E-state index is 3.68. The highest BCUT2D eigenvalue weighted by molar-refractivity contribution is 9.10. The van der Waals surface area contributed by atoms with Crippen molar-refractivity contribution < 1.29 is 0 Å². The average molecular weight is 311 g/mol. The number of halogens is 1. The molecule has 3 heteroatoms. The molecule has 18 heavy (non-hydrogen) atoms. The first-order valence-corrected chi connectivity index (χ1v) is 7.65. The second kappa shape index (κ2) is 6.69. The third-order valence-corrected chi connectivity index (χ3v) is 4.53. The van der Waals surface area contributed by atoms with Crippen LogP contribution in [0.5, 0.6) is 0 Å². The molecule has 0 spiro atoms. The number of piperazine rings is 1. The van der Waals surface area contributed by atoms with E-state index >= 15 is 0 Å². The average Bonchev–Trinajstić information content (AvgIpc) is 2.37. The molecular weight excluding hydrogens is 288 g/mol. The van der Waals surface area contributed by atoms with Crippen LogP contribution in [0.4, 0.5) is 0 Å². The molecule has 1 aliphatic rings. The normalized spacial score (nSPS) is 17.1. The minimum absolute atomic E-state index is 1.15. The van der Waals surface area contributed by atoms with Gasteiger partial charge in [0, 0.05) is 30.7 Å². The predicted octanol–water partition coefficient (Wildman–Crippen LogP) is 2.90. The fourth-order valence-corrected chi connectivity index (χ4v) is 3.12. The van der Waals surface area contributed by atoms with Crippen molar-refractivity contribution in [3.8, 4) is 0 Å². The third kappa shape index (κ3) is 3.81. The van der Waals surface area contributed by atoms with Gasteiger partial charge < -0.3 is 10.2 Å². The van der Waals surface area contributed by atoms with Crippen LogP contribution in [0.25, 0.3) is 0 Å². The van der Waals surface area contributed by atoms with Gasteiger partial charge in [-0.25, -0.2) is 0 Å². The van der Waals surface area contributed by atoms with Gasteiger partial charge in [-0.3, -0.25) is 0 Å². The molecule has 0 radical (unpaired) electrons. The Bertz CT molecular complexity index is 398. The molecule has 1 saturated heterocycles. The first kappa shape index (κ1) is 14.0. The summed E-state index contributed by atoms with van der Waals surface area (Å²) in [4.78, 5) is 2.56. The quantitative estimate of drug-likeness (QED) is 0.920. The van der Waals surface area contributed by atoms with E-state index in [4.69, 9.17) is 0 Å². The summed E-state index contributed by atoms with van der Waals surface area (Å²) in [6.45, 7) is 10.3. The van der Waals surface area contributed by atoms with E-state index in [1.54, 1.807) is 0 Å². The van der Waals surface area contributed by atoms with Crippen LogP contribution in [-0.4, -0.2) is 37.6 Å². The van der Waals surface area contributed by atoms with Gasteiger partial charge in [-0.15, -0.1) is 0 Å². The van der Waals surface area contributed by atoms with Crippen molar-refractivity contribution in [1.82, 2.24) is 10.2 Å². The molecule has 1 heterocycles. The zero-order chi connectivity index (χ0) is 13.0. The molecule has 2 rings (SSSR count). The van der Waals surface area contributed by atoms with Gasteiger partial charge in [-0.1, -0.05) is 22.0 Å². The zero-order valence-electron chi connectivity index (χ0n) is 11.4. The molecule has 100 valence electrons. The number of benzene rings is 1. The van der Waals surface area contributed by atoms with Crippen molar-refractivity contribution in [3.05, 3.63) is 33.3 Å². The van der Waals surface area contributed by atoms with E-state index in [0.717, 1.165) is 13.1 Å². The van der Waals surface area contributed by atoms with Gasteiger partial charge in [0.2, 0.25) is 0 Å². The van der Waals surface area contributed by atoms with E-state index in [2.05, 4.69) is 52.1 Å². The lowest BCUT2D eigenvalue weighted by Crippen LogP contribution is -2.43. The molecule has 0 aromatic heterocycles. The highest BCUT2D eigenvalue weighted by Crippen LogP contribution is 2.22. The predicted molar refractivity (Wildman–Crippen MR) is 81.2 cm³/mol. The third-order valence-electron chi connectivity index (χ3n) is 3.79. The molecule has 2 nitrogen and oxygen atoms in total. The van der Waals surface area contributed by atoms with Crippen LogP contribution in [-0.2, 0) is 6.42 Å². The smallest absolute Gasteiger partial charge is 0.0210 e. The van der Waals surface area contributed by atoms with Gasteiger partial charge in [0.25, 0.3) is 0 Å². The lowest BCUT2D eigenvalue weighted by molar-refractivity contribution is 0.238. The molecule has 1 aliphatic heterocycles. The lowest BCUT2D eigenvalue weighted by atomic mass is 10.0. The Balaban J connectivity index is 1.84. The maximum Gasteiger partial charge on any atom is 0.0210 e. The molecule has 0 aliphatic carbocycles. The van der Waals surface area contributed by atoms with E-state index in [1.165, 1.54) is 53.6 Å². The standard InChI is InChI=1S/C15H23BrN2/c1-12-10-14(15(16)11-13(12)2)4-3-7-18-8-5-17-6-9-18/h10-11,17H,3-9H2,1-2H3. The summed E-state index contributed by atoms with van der Waals surface area (Å²) in [6, 6.07) is 4.58. The summed E-state index contributed by atoms with van der Waals surface area (Å²) >= 11 is 3.68. The van der Waals surface area contributed by atoms with E-state index in [0.29, 0.717) is 0 Å². The fraction of sp³-hybridized carbons (Fsp3) is 0.600. The summed E-state index contributed by atoms with van der Waals surface area (Å²) in [7, 11) is 0. The molecular formula is C15H23BrN2. The summed E-state index contributed by atoms with van der Waals surface area (Å²) in [5.74, 6) is 0. The van der Waals surface area contributed by atoms with E-state index in [9.17, 15) is 0 Å². The Kier molecular flexibility index (Phi) is 5.22. The van der Waals surface area contributed by atoms with E-state index in [-0.39, 0.29) is 0 Å². The number of nitrogens with zero attached hydrogens (tertiary/aromatic N) is 1. The minimum atomic E-state index is 1.15. The Morgan fingerprint density at radius 2 is 1.83 bits per heavy atom. The molecule has 1 aromatic carbocycles. The summed E-state index contributed by atoms with van der Waals surface area (Å²) in [6.07, 6.45) is 2.42. The van der Waals surface area contributed by atoms with Gasteiger partial charge >= 0.3 is 0 Å². The van der Waals surface area contributed by atoms with Crippen molar-refractivity contribution in [2.24, 2.45) is 0 Å². The SMILES string of the molecule is Cc1cc(Br)c(CCCN2CCNCC2)cc1C. The molecule has 0 bridgehead atoms. The summed E-state index contributed by atoms with van der Waals surface area (Å²) in [5.41, 5.74) is 4.22. The first-order chi connectivity index (χ1) is 8.66. The number of aryl methyl sites for hydroxylation is 3. The van der Waals surface area contributed by atoms with Crippen molar-refractivity contribution in [2.45, 2.75) is 26.7 Å². The molecule has 0 atom stereocenters. The summed E-state index contributed by atoms with van der Waals surface area (Å²) < 4.78 is 1.27. The second-order valence-corrected chi connectivity index (χ2v) is 6.08. The monoisotopic (exact) mass is 310 g/mol. The Morgan fingerprint density at radius 3 is 2.56 bits per heavy atom. The topological polar surface area (TPSA) is 15.3 Å². The van der Waals surface area contributed by atoms with Crippen molar-refractivity contribution in [3.63, 3.8) is 0 Å². The molecule has 0 saturated carbocycles. The van der Waals surface area contributed by atoms with Gasteiger partial charge in [-0.2, -0.15) is 0 Å². The highest BCUT2D eigenvalue weighted by atomic mass is 79.9. The Hall–Kier alpha value is -0.380. The second-order valence-electron chi connectivity index (χ2n) is 5.22. The van der Waals surface area contributed by atoms with E-state index in [1.807, 2.05) is 0 Å². The number of hydrogen-bond acceptors (Lipinski definition) is 2. The molecule has 0 amide bonds. The Morgan fingerprint density at radius 1 is 1.17 bits per heavy atom. The van der Waals surface area contributed by atoms with Crippen LogP contribution in [0.3, 0.4) is 0 Å². The van der Waals surface area contributed by atoms with Crippen LogP contribution >= 0.6 is 15.9 Å². The van der Waals surface area contributed by atoms with Crippen molar-refractivity contribution >= 4 is 15.9 Å². The van der Waals surface area contributed by atoms with Crippen LogP contribution in [0, 0.1) is 13.8 Å². The van der Waals surface area contributed by atoms with Gasteiger partial charge in [0.1, 0.15) is 0 Å². The molecule has 1 aromatic rings. The van der Waals surface area contributed by atoms with Crippen molar-refractivity contribution in [2.75, 3.05) is 32.7 Å². The van der Waals surface area contributed by atoms with Gasteiger partial charge in [0.05, 0.1) is 0 Å². The number of hydrogen-bond donors (Lipinski definition) is 1. The molecule has 1 N–H and O–H groups in total. The van der Waals surface area contributed by atoms with Gasteiger partial charge in [-0.05, 0) is 56.0 Å². The van der Waals surface area contributed by atoms with Crippen molar-refractivity contribution in [1.29, 1.82) is 0 Å². The van der Waals surface area contributed by atoms with E-state index < -0.39 is 0 Å². The largest absolute Gasteiger partial charge is 0.314 e. The zero-order valence-corrected chi connectivity index (χ0v) is 13.0. The Labute approximate surface area is 119 Å². The van der Waals surface area contributed by atoms with Crippen LogP contribution in [0.15, 0.2) is 16.6 Å². The first-order valence-electron chi connectivity index (χ1n) is 6.85. The number of nitrogens with one attached hydrogen (secondary N) is 1.